The molecule has 2 N–H and O–H groups in total. The lowest BCUT2D eigenvalue weighted by Gasteiger charge is -2.16. The number of carbonyl (C=O) groups excluding carboxylic acids is 1. The van der Waals surface area contributed by atoms with Gasteiger partial charge in [0.05, 0.1) is 27.2 Å². The second-order valence-electron chi connectivity index (χ2n) is 6.03. The van der Waals surface area contributed by atoms with Gasteiger partial charge in [-0.25, -0.2) is 8.42 Å². The van der Waals surface area contributed by atoms with Gasteiger partial charge in [0.2, 0.25) is 10.0 Å². The average molecular weight is 461 g/mol. The molecule has 1 heterocycles. The Morgan fingerprint density at radius 2 is 1.71 bits per heavy atom. The minimum Gasteiger partial charge on any atom is -0.295 e. The molecule has 1 fully saturated rings. The molecule has 0 bridgehead atoms. The van der Waals surface area contributed by atoms with Crippen molar-refractivity contribution in [3.05, 3.63) is 63.1 Å². The van der Waals surface area contributed by atoms with Gasteiger partial charge in [-0.2, -0.15) is 0 Å². The third-order valence-electron chi connectivity index (χ3n) is 4.03. The molecule has 0 unspecified atom stereocenters. The number of carbonyl (C=O) groups is 1. The van der Waals surface area contributed by atoms with Gasteiger partial charge >= 0.3 is 0 Å². The number of sulfonamides is 1. The highest BCUT2D eigenvalue weighted by atomic mass is 35.5. The molecule has 1 aliphatic heterocycles. The maximum atomic E-state index is 12.0. The third-order valence-corrected chi connectivity index (χ3v) is 6.71. The normalized spacial score (nSPS) is 15.8. The van der Waals surface area contributed by atoms with E-state index in [1.54, 1.807) is 30.3 Å². The van der Waals surface area contributed by atoms with Crippen LogP contribution in [0, 0.1) is 0 Å². The monoisotopic (exact) mass is 459 g/mol. The number of nitrogens with zero attached hydrogens (tertiary/aromatic N) is 1. The summed E-state index contributed by atoms with van der Waals surface area (Å²) in [5.41, 5.74) is 6.82. The summed E-state index contributed by atoms with van der Waals surface area (Å²) in [6.45, 7) is 0.488. The lowest BCUT2D eigenvalue weighted by atomic mass is 10.2. The molecule has 0 radical (unpaired) electrons. The van der Waals surface area contributed by atoms with Gasteiger partial charge < -0.3 is 0 Å². The molecule has 3 rings (SSSR count). The van der Waals surface area contributed by atoms with Crippen LogP contribution in [-0.4, -0.2) is 26.6 Å². The predicted octanol–water partition coefficient (Wildman–Crippen LogP) is 4.34. The van der Waals surface area contributed by atoms with Crippen LogP contribution in [0.15, 0.2) is 42.5 Å². The van der Waals surface area contributed by atoms with Crippen LogP contribution in [0.2, 0.25) is 15.1 Å². The van der Waals surface area contributed by atoms with E-state index in [-0.39, 0.29) is 15.8 Å². The van der Waals surface area contributed by atoms with E-state index in [4.69, 9.17) is 34.8 Å². The van der Waals surface area contributed by atoms with Crippen molar-refractivity contribution < 1.29 is 13.2 Å². The number of benzene rings is 2. The Morgan fingerprint density at radius 1 is 1.07 bits per heavy atom. The van der Waals surface area contributed by atoms with Gasteiger partial charge in [-0.15, -0.1) is 0 Å². The van der Waals surface area contributed by atoms with Gasteiger partial charge in [-0.05, 0) is 42.3 Å². The third kappa shape index (κ3) is 4.91. The van der Waals surface area contributed by atoms with Crippen molar-refractivity contribution in [2.45, 2.75) is 6.42 Å². The zero-order valence-corrected chi connectivity index (χ0v) is 17.5. The van der Waals surface area contributed by atoms with Crippen LogP contribution in [0.1, 0.15) is 12.0 Å². The van der Waals surface area contributed by atoms with Gasteiger partial charge in [-0.1, -0.05) is 46.9 Å². The van der Waals surface area contributed by atoms with Gasteiger partial charge in [0.15, 0.2) is 0 Å². The molecule has 0 saturated carbocycles. The van der Waals surface area contributed by atoms with Gasteiger partial charge in [-0.3, -0.25) is 20.0 Å². The molecule has 1 amide bonds. The zero-order valence-electron chi connectivity index (χ0n) is 14.5. The van der Waals surface area contributed by atoms with Crippen molar-refractivity contribution in [1.29, 1.82) is 0 Å². The van der Waals surface area contributed by atoms with Crippen molar-refractivity contribution >= 4 is 68.2 Å². The molecule has 148 valence electrons. The van der Waals surface area contributed by atoms with E-state index in [1.807, 2.05) is 0 Å². The number of rotatable bonds is 5. The number of hydrazine groups is 1. The summed E-state index contributed by atoms with van der Waals surface area (Å²) in [7, 11) is -3.21. The SMILES string of the molecule is O=C(/C=C/c1ccc(N2CCCS2(=O)=O)cc1)NNc1c(Cl)cc(Cl)cc1Cl. The molecule has 1 aliphatic rings. The van der Waals surface area contributed by atoms with Crippen molar-refractivity contribution in [3.63, 3.8) is 0 Å². The topological polar surface area (TPSA) is 78.5 Å². The number of hydrogen-bond acceptors (Lipinski definition) is 4. The summed E-state index contributed by atoms with van der Waals surface area (Å²) in [5.74, 6) is -0.253. The first kappa shape index (κ1) is 20.8. The van der Waals surface area contributed by atoms with Crippen LogP contribution < -0.4 is 15.2 Å². The average Bonchev–Trinajstić information content (AvgIpc) is 2.98. The zero-order chi connectivity index (χ0) is 20.3. The number of amides is 1. The first-order chi connectivity index (χ1) is 13.3. The molecule has 0 aliphatic carbocycles. The molecule has 10 heteroatoms. The lowest BCUT2D eigenvalue weighted by molar-refractivity contribution is -0.115. The fraction of sp³-hybridized carbons (Fsp3) is 0.167. The van der Waals surface area contributed by atoms with Crippen LogP contribution in [0.4, 0.5) is 11.4 Å². The molecule has 0 aromatic heterocycles. The van der Waals surface area contributed by atoms with Crippen molar-refractivity contribution in [1.82, 2.24) is 5.43 Å². The van der Waals surface area contributed by atoms with Gasteiger partial charge in [0, 0.05) is 17.6 Å². The fourth-order valence-electron chi connectivity index (χ4n) is 2.68. The van der Waals surface area contributed by atoms with Crippen molar-refractivity contribution in [2.75, 3.05) is 22.0 Å². The summed E-state index contributed by atoms with van der Waals surface area (Å²) in [5, 5.41) is 0.931. The maximum absolute atomic E-state index is 12.0. The minimum absolute atomic E-state index is 0.170. The van der Waals surface area contributed by atoms with E-state index in [0.717, 1.165) is 5.56 Å². The van der Waals surface area contributed by atoms with Gasteiger partial charge in [0.1, 0.15) is 0 Å². The quantitative estimate of drug-likeness (QED) is 0.514. The Morgan fingerprint density at radius 3 is 2.29 bits per heavy atom. The van der Waals surface area contributed by atoms with Crippen LogP contribution in [0.25, 0.3) is 6.08 Å². The summed E-state index contributed by atoms with van der Waals surface area (Å²) in [6, 6.07) is 9.92. The predicted molar refractivity (Wildman–Crippen MR) is 114 cm³/mol. The highest BCUT2D eigenvalue weighted by Crippen LogP contribution is 2.33. The Bertz CT molecular complexity index is 1000. The van der Waals surface area contributed by atoms with Crippen LogP contribution in [0.3, 0.4) is 0 Å². The van der Waals surface area contributed by atoms with Crippen molar-refractivity contribution in [3.8, 4) is 0 Å². The Balaban J connectivity index is 1.60. The summed E-state index contributed by atoms with van der Waals surface area (Å²) >= 11 is 17.9. The first-order valence-corrected chi connectivity index (χ1v) is 11.0. The Labute approximate surface area is 178 Å². The molecule has 2 aromatic rings. The van der Waals surface area contributed by atoms with E-state index in [9.17, 15) is 13.2 Å². The summed E-state index contributed by atoms with van der Waals surface area (Å²) in [6.07, 6.45) is 3.55. The maximum Gasteiger partial charge on any atom is 0.262 e. The summed E-state index contributed by atoms with van der Waals surface area (Å²) < 4.78 is 25.3. The van der Waals surface area contributed by atoms with Crippen LogP contribution >= 0.6 is 34.8 Å². The standard InChI is InChI=1S/C18H16Cl3N3O3S/c19-13-10-15(20)18(16(21)11-13)23-22-17(25)7-4-12-2-5-14(6-3-12)24-8-1-9-28(24,26)27/h2-7,10-11,23H,1,8-9H2,(H,22,25)/b7-4+. The molecular weight excluding hydrogens is 445 g/mol. The van der Waals surface area contributed by atoms with E-state index < -0.39 is 15.9 Å². The Kier molecular flexibility index (Phi) is 6.40. The number of hydrogen-bond donors (Lipinski definition) is 2. The smallest absolute Gasteiger partial charge is 0.262 e. The second-order valence-corrected chi connectivity index (χ2v) is 9.29. The van der Waals surface area contributed by atoms with E-state index in [2.05, 4.69) is 10.9 Å². The number of halogens is 3. The largest absolute Gasteiger partial charge is 0.295 e. The molecule has 0 spiro atoms. The van der Waals surface area contributed by atoms with Gasteiger partial charge in [0.25, 0.3) is 5.91 Å². The number of nitrogens with one attached hydrogen (secondary N) is 2. The van der Waals surface area contributed by atoms with E-state index in [1.165, 1.54) is 22.5 Å². The number of anilines is 2. The van der Waals surface area contributed by atoms with E-state index in [0.29, 0.717) is 29.4 Å². The summed E-state index contributed by atoms with van der Waals surface area (Å²) in [4.78, 5) is 12.0. The molecule has 2 aromatic carbocycles. The molecule has 0 atom stereocenters. The Hall–Kier alpha value is -1.93. The van der Waals surface area contributed by atoms with Crippen LogP contribution in [0.5, 0.6) is 0 Å². The fourth-order valence-corrected chi connectivity index (χ4v) is 5.16. The second kappa shape index (κ2) is 8.61. The van der Waals surface area contributed by atoms with Crippen LogP contribution in [-0.2, 0) is 14.8 Å². The minimum atomic E-state index is -3.21. The van der Waals surface area contributed by atoms with E-state index >= 15 is 0 Å². The highest BCUT2D eigenvalue weighted by molar-refractivity contribution is 7.93. The molecule has 6 nitrogen and oxygen atoms in total. The lowest BCUT2D eigenvalue weighted by Crippen LogP contribution is -2.27. The molecule has 28 heavy (non-hydrogen) atoms. The first-order valence-electron chi connectivity index (χ1n) is 8.25. The molecule has 1 saturated heterocycles. The highest BCUT2D eigenvalue weighted by Gasteiger charge is 2.28. The van der Waals surface area contributed by atoms with Crippen molar-refractivity contribution in [2.24, 2.45) is 0 Å². The molecular formula is C18H16Cl3N3O3S.